The highest BCUT2D eigenvalue weighted by Crippen LogP contribution is 2.30. The number of carbonyl (C=O) groups is 1. The van der Waals surface area contributed by atoms with E-state index >= 15 is 0 Å². The van der Waals surface area contributed by atoms with Crippen LogP contribution in [0.5, 0.6) is 0 Å². The summed E-state index contributed by atoms with van der Waals surface area (Å²) < 4.78 is 13.3. The lowest BCUT2D eigenvalue weighted by atomic mass is 10.1. The molecule has 0 bridgehead atoms. The Balaban J connectivity index is 2.26. The van der Waals surface area contributed by atoms with Crippen LogP contribution in [0.15, 0.2) is 18.2 Å². The van der Waals surface area contributed by atoms with Gasteiger partial charge in [0.25, 0.3) is 5.91 Å². The molecule has 1 aromatic rings. The lowest BCUT2D eigenvalue weighted by molar-refractivity contribution is 0.0756. The molecule has 1 aliphatic carbocycles. The van der Waals surface area contributed by atoms with Crippen molar-refractivity contribution in [3.63, 3.8) is 0 Å². The van der Waals surface area contributed by atoms with Crippen LogP contribution in [-0.4, -0.2) is 35.6 Å². The number of hydrogen-bond donors (Lipinski definition) is 1. The summed E-state index contributed by atoms with van der Waals surface area (Å²) in [6, 6.07) is 3.97. The summed E-state index contributed by atoms with van der Waals surface area (Å²) in [7, 11) is 0. The first-order valence-corrected chi connectivity index (χ1v) is 6.84. The molecule has 0 aliphatic heterocycles. The van der Waals surface area contributed by atoms with Gasteiger partial charge in [-0.1, -0.05) is 11.8 Å². The quantitative estimate of drug-likeness (QED) is 0.854. The van der Waals surface area contributed by atoms with Crippen LogP contribution < -0.4 is 0 Å². The molecule has 3 nitrogen and oxygen atoms in total. The molecule has 1 N–H and O–H groups in total. The highest BCUT2D eigenvalue weighted by molar-refractivity contribution is 5.96. The summed E-state index contributed by atoms with van der Waals surface area (Å²) in [5, 5.41) is 8.75. The molecule has 106 valence electrons. The zero-order chi connectivity index (χ0) is 14.5. The maximum absolute atomic E-state index is 13.3. The normalized spacial score (nSPS) is 13.6. The second-order valence-electron chi connectivity index (χ2n) is 4.94. The SMILES string of the molecule is CCN(CC1CC1)C(=O)c1ccc(F)cc1C#CCO. The first-order valence-electron chi connectivity index (χ1n) is 6.84. The molecule has 1 fully saturated rings. The van der Waals surface area contributed by atoms with E-state index in [1.165, 1.54) is 31.0 Å². The monoisotopic (exact) mass is 275 g/mol. The van der Waals surface area contributed by atoms with Gasteiger partial charge in [-0.2, -0.15) is 0 Å². The fourth-order valence-electron chi connectivity index (χ4n) is 2.08. The number of carbonyl (C=O) groups excluding carboxylic acids is 1. The van der Waals surface area contributed by atoms with E-state index in [1.807, 2.05) is 6.92 Å². The minimum Gasteiger partial charge on any atom is -0.384 e. The molecule has 1 amide bonds. The molecule has 0 unspecified atom stereocenters. The first-order chi connectivity index (χ1) is 9.65. The summed E-state index contributed by atoms with van der Waals surface area (Å²) in [6.45, 7) is 2.99. The van der Waals surface area contributed by atoms with E-state index in [4.69, 9.17) is 5.11 Å². The largest absolute Gasteiger partial charge is 0.384 e. The fourth-order valence-corrected chi connectivity index (χ4v) is 2.08. The first kappa shape index (κ1) is 14.5. The fraction of sp³-hybridized carbons (Fsp3) is 0.438. The summed E-state index contributed by atoms with van der Waals surface area (Å²) >= 11 is 0. The van der Waals surface area contributed by atoms with Crippen LogP contribution in [0.3, 0.4) is 0 Å². The lowest BCUT2D eigenvalue weighted by Gasteiger charge is -2.21. The number of aliphatic hydroxyl groups excluding tert-OH is 1. The minimum absolute atomic E-state index is 0.123. The van der Waals surface area contributed by atoms with Crippen LogP contribution in [0.2, 0.25) is 0 Å². The average Bonchev–Trinajstić information content (AvgIpc) is 3.26. The molecule has 0 aromatic heterocycles. The van der Waals surface area contributed by atoms with Crippen molar-refractivity contribution in [1.82, 2.24) is 4.90 Å². The minimum atomic E-state index is -0.436. The van der Waals surface area contributed by atoms with E-state index in [0.29, 0.717) is 23.6 Å². The Morgan fingerprint density at radius 3 is 2.85 bits per heavy atom. The maximum Gasteiger partial charge on any atom is 0.255 e. The van der Waals surface area contributed by atoms with Crippen LogP contribution in [0, 0.1) is 23.6 Å². The number of nitrogens with zero attached hydrogens (tertiary/aromatic N) is 1. The molecule has 4 heteroatoms. The van der Waals surface area contributed by atoms with E-state index in [-0.39, 0.29) is 12.5 Å². The van der Waals surface area contributed by atoms with Gasteiger partial charge in [-0.15, -0.1) is 0 Å². The van der Waals surface area contributed by atoms with Gasteiger partial charge in [0.1, 0.15) is 12.4 Å². The molecule has 20 heavy (non-hydrogen) atoms. The molecular weight excluding hydrogens is 257 g/mol. The highest BCUT2D eigenvalue weighted by atomic mass is 19.1. The summed E-state index contributed by atoms with van der Waals surface area (Å²) in [4.78, 5) is 14.3. The third-order valence-corrected chi connectivity index (χ3v) is 3.36. The van der Waals surface area contributed by atoms with Crippen molar-refractivity contribution in [2.45, 2.75) is 19.8 Å². The van der Waals surface area contributed by atoms with Crippen molar-refractivity contribution < 1.29 is 14.3 Å². The van der Waals surface area contributed by atoms with Crippen molar-refractivity contribution >= 4 is 5.91 Å². The number of hydrogen-bond acceptors (Lipinski definition) is 2. The van der Waals surface area contributed by atoms with E-state index in [1.54, 1.807) is 4.90 Å². The summed E-state index contributed by atoms with van der Waals surface area (Å²) in [5.74, 6) is 5.15. The maximum atomic E-state index is 13.3. The predicted molar refractivity (Wildman–Crippen MR) is 74.7 cm³/mol. The molecule has 1 saturated carbocycles. The molecular formula is C16H18FNO2. The third-order valence-electron chi connectivity index (χ3n) is 3.36. The summed E-state index contributed by atoms with van der Waals surface area (Å²) in [6.07, 6.45) is 2.34. The Hall–Kier alpha value is -1.86. The van der Waals surface area contributed by atoms with Gasteiger partial charge in [0, 0.05) is 18.7 Å². The lowest BCUT2D eigenvalue weighted by Crippen LogP contribution is -2.33. The van der Waals surface area contributed by atoms with Crippen molar-refractivity contribution in [2.75, 3.05) is 19.7 Å². The third kappa shape index (κ3) is 3.58. The van der Waals surface area contributed by atoms with E-state index in [2.05, 4.69) is 11.8 Å². The number of amides is 1. The standard InChI is InChI=1S/C16H18FNO2/c1-2-18(11-12-5-6-12)16(20)15-8-7-14(17)10-13(15)4-3-9-19/h7-8,10,12,19H,2,5-6,9,11H2,1H3. The second kappa shape index (κ2) is 6.53. The second-order valence-corrected chi connectivity index (χ2v) is 4.94. The zero-order valence-corrected chi connectivity index (χ0v) is 11.5. The molecule has 0 atom stereocenters. The molecule has 0 spiro atoms. The molecule has 1 aromatic carbocycles. The van der Waals surface area contributed by atoms with Crippen molar-refractivity contribution in [3.05, 3.63) is 35.1 Å². The number of rotatable bonds is 4. The Kier molecular flexibility index (Phi) is 4.75. The molecule has 0 saturated heterocycles. The highest BCUT2D eigenvalue weighted by Gasteiger charge is 2.27. The van der Waals surface area contributed by atoms with Crippen molar-refractivity contribution in [3.8, 4) is 11.8 Å². The van der Waals surface area contributed by atoms with Gasteiger partial charge >= 0.3 is 0 Å². The zero-order valence-electron chi connectivity index (χ0n) is 11.5. The van der Waals surface area contributed by atoms with Crippen molar-refractivity contribution in [1.29, 1.82) is 0 Å². The predicted octanol–water partition coefficient (Wildman–Crippen LogP) is 2.04. The smallest absolute Gasteiger partial charge is 0.255 e. The van der Waals surface area contributed by atoms with Crippen LogP contribution in [0.25, 0.3) is 0 Å². The number of aliphatic hydroxyl groups is 1. The van der Waals surface area contributed by atoms with E-state index in [0.717, 1.165) is 6.54 Å². The van der Waals surface area contributed by atoms with Gasteiger partial charge in [0.2, 0.25) is 0 Å². The number of halogens is 1. The van der Waals surface area contributed by atoms with E-state index < -0.39 is 5.82 Å². The molecule has 2 rings (SSSR count). The van der Waals surface area contributed by atoms with Crippen LogP contribution in [0.4, 0.5) is 4.39 Å². The molecule has 0 heterocycles. The van der Waals surface area contributed by atoms with Gasteiger partial charge in [-0.05, 0) is 43.9 Å². The van der Waals surface area contributed by atoms with Crippen molar-refractivity contribution in [2.24, 2.45) is 5.92 Å². The molecule has 0 radical (unpaired) electrons. The number of benzene rings is 1. The topological polar surface area (TPSA) is 40.5 Å². The van der Waals surface area contributed by atoms with Crippen LogP contribution >= 0.6 is 0 Å². The average molecular weight is 275 g/mol. The Morgan fingerprint density at radius 2 is 2.25 bits per heavy atom. The Morgan fingerprint density at radius 1 is 1.50 bits per heavy atom. The van der Waals surface area contributed by atoms with Gasteiger partial charge in [-0.3, -0.25) is 4.79 Å². The van der Waals surface area contributed by atoms with Gasteiger partial charge in [-0.25, -0.2) is 4.39 Å². The van der Waals surface area contributed by atoms with E-state index in [9.17, 15) is 9.18 Å². The molecule has 1 aliphatic rings. The Bertz CT molecular complexity index is 555. The summed E-state index contributed by atoms with van der Waals surface area (Å²) in [5.41, 5.74) is 0.730. The Labute approximate surface area is 118 Å². The van der Waals surface area contributed by atoms with Crippen LogP contribution in [-0.2, 0) is 0 Å². The van der Waals surface area contributed by atoms with Crippen LogP contribution in [0.1, 0.15) is 35.7 Å². The van der Waals surface area contributed by atoms with Gasteiger partial charge in [0.05, 0.1) is 5.56 Å². The van der Waals surface area contributed by atoms with Gasteiger partial charge < -0.3 is 10.0 Å². The van der Waals surface area contributed by atoms with Gasteiger partial charge in [0.15, 0.2) is 0 Å².